The molecule has 1 heterocycles. The van der Waals surface area contributed by atoms with E-state index in [2.05, 4.69) is 10.6 Å². The van der Waals surface area contributed by atoms with Gasteiger partial charge in [-0.2, -0.15) is 0 Å². The quantitative estimate of drug-likeness (QED) is 0.864. The van der Waals surface area contributed by atoms with Crippen LogP contribution in [-0.2, 0) is 4.79 Å². The Morgan fingerprint density at radius 3 is 2.79 bits per heavy atom. The summed E-state index contributed by atoms with van der Waals surface area (Å²) < 4.78 is 5.08. The number of methoxy groups -OCH3 is 1. The highest BCUT2D eigenvalue weighted by atomic mass is 35.5. The Labute approximate surface area is 148 Å². The van der Waals surface area contributed by atoms with Crippen LogP contribution in [0, 0.1) is 0 Å². The summed E-state index contributed by atoms with van der Waals surface area (Å²) in [4.78, 5) is 25.1. The van der Waals surface area contributed by atoms with Crippen molar-refractivity contribution in [1.29, 1.82) is 0 Å². The first-order valence-electron chi connectivity index (χ1n) is 7.24. The number of carbonyl (C=O) groups is 2. The number of amides is 2. The maximum atomic E-state index is 12.4. The first kappa shape index (κ1) is 16.7. The number of halogens is 1. The molecule has 2 aromatic carbocycles. The van der Waals surface area contributed by atoms with E-state index in [0.717, 1.165) is 4.90 Å². The number of anilines is 2. The van der Waals surface area contributed by atoms with Gasteiger partial charge in [-0.05, 0) is 43.3 Å². The van der Waals surface area contributed by atoms with Crippen molar-refractivity contribution in [2.45, 2.75) is 17.1 Å². The van der Waals surface area contributed by atoms with Crippen molar-refractivity contribution in [3.63, 3.8) is 0 Å². The molecule has 0 saturated carbocycles. The molecule has 0 aromatic heterocycles. The van der Waals surface area contributed by atoms with Gasteiger partial charge in [0.15, 0.2) is 0 Å². The minimum atomic E-state index is -0.281. The third-order valence-electron chi connectivity index (χ3n) is 3.58. The van der Waals surface area contributed by atoms with E-state index in [1.54, 1.807) is 30.3 Å². The zero-order chi connectivity index (χ0) is 17.3. The van der Waals surface area contributed by atoms with E-state index in [0.29, 0.717) is 27.7 Å². The number of hydrogen-bond acceptors (Lipinski definition) is 4. The molecular weight excluding hydrogens is 348 g/mol. The summed E-state index contributed by atoms with van der Waals surface area (Å²) in [5.41, 5.74) is 1.68. The van der Waals surface area contributed by atoms with Crippen molar-refractivity contribution in [3.05, 3.63) is 47.0 Å². The Morgan fingerprint density at radius 1 is 1.29 bits per heavy atom. The highest BCUT2D eigenvalue weighted by Crippen LogP contribution is 2.36. The van der Waals surface area contributed by atoms with Gasteiger partial charge in [-0.3, -0.25) is 9.59 Å². The summed E-state index contributed by atoms with van der Waals surface area (Å²) in [6, 6.07) is 10.3. The average Bonchev–Trinajstić information content (AvgIpc) is 2.55. The first-order chi connectivity index (χ1) is 11.5. The Bertz CT molecular complexity index is 825. The van der Waals surface area contributed by atoms with Crippen molar-refractivity contribution in [3.8, 4) is 5.75 Å². The van der Waals surface area contributed by atoms with Crippen LogP contribution in [0.15, 0.2) is 41.3 Å². The molecule has 0 saturated heterocycles. The molecule has 0 bridgehead atoms. The summed E-state index contributed by atoms with van der Waals surface area (Å²) in [6.45, 7) is 1.84. The molecule has 5 nitrogen and oxygen atoms in total. The van der Waals surface area contributed by atoms with Gasteiger partial charge in [0.05, 0.1) is 23.1 Å². The lowest BCUT2D eigenvalue weighted by atomic mass is 10.1. The standard InChI is InChI=1S/C17H15ClN2O3S/c1-9-16(21)20-13-7-10(3-6-15(13)24-9)17(22)19-11-4-5-14(23-2)12(18)8-11/h3-9H,1-2H3,(H,19,22)(H,20,21)/t9-/m0/s1. The van der Waals surface area contributed by atoms with Crippen molar-refractivity contribution in [2.24, 2.45) is 0 Å². The van der Waals surface area contributed by atoms with E-state index in [-0.39, 0.29) is 17.1 Å². The largest absolute Gasteiger partial charge is 0.495 e. The van der Waals surface area contributed by atoms with Gasteiger partial charge in [0.2, 0.25) is 5.91 Å². The summed E-state index contributed by atoms with van der Waals surface area (Å²) in [5.74, 6) is 0.196. The third kappa shape index (κ3) is 3.34. The minimum absolute atomic E-state index is 0.0630. The lowest BCUT2D eigenvalue weighted by Gasteiger charge is -2.21. The molecule has 2 N–H and O–H groups in total. The molecule has 24 heavy (non-hydrogen) atoms. The zero-order valence-electron chi connectivity index (χ0n) is 13.1. The monoisotopic (exact) mass is 362 g/mol. The number of nitrogens with one attached hydrogen (secondary N) is 2. The molecule has 124 valence electrons. The van der Waals surface area contributed by atoms with Crippen LogP contribution in [0.4, 0.5) is 11.4 Å². The average molecular weight is 363 g/mol. The van der Waals surface area contributed by atoms with E-state index in [1.165, 1.54) is 18.9 Å². The number of fused-ring (bicyclic) bond motifs is 1. The second-order valence-corrected chi connectivity index (χ2v) is 7.05. The van der Waals surface area contributed by atoms with Gasteiger partial charge in [0.25, 0.3) is 5.91 Å². The minimum Gasteiger partial charge on any atom is -0.495 e. The van der Waals surface area contributed by atoms with Gasteiger partial charge in [-0.25, -0.2) is 0 Å². The SMILES string of the molecule is COc1ccc(NC(=O)c2ccc3c(c2)NC(=O)[C@H](C)S3)cc1Cl. The lowest BCUT2D eigenvalue weighted by molar-refractivity contribution is -0.115. The van der Waals surface area contributed by atoms with Gasteiger partial charge < -0.3 is 15.4 Å². The van der Waals surface area contributed by atoms with Crippen LogP contribution < -0.4 is 15.4 Å². The summed E-state index contributed by atoms with van der Waals surface area (Å²) in [7, 11) is 1.53. The van der Waals surface area contributed by atoms with Crippen LogP contribution in [0.5, 0.6) is 5.75 Å². The second-order valence-electron chi connectivity index (χ2n) is 5.26. The number of ether oxygens (including phenoxy) is 1. The summed E-state index contributed by atoms with van der Waals surface area (Å²) in [5, 5.41) is 5.87. The predicted molar refractivity (Wildman–Crippen MR) is 96.3 cm³/mol. The molecule has 0 unspecified atom stereocenters. The van der Waals surface area contributed by atoms with Crippen molar-refractivity contribution in [1.82, 2.24) is 0 Å². The topological polar surface area (TPSA) is 67.4 Å². The normalized spacial score (nSPS) is 16.1. The number of benzene rings is 2. The number of thioether (sulfide) groups is 1. The van der Waals surface area contributed by atoms with Gasteiger partial charge in [-0.15, -0.1) is 11.8 Å². The molecule has 1 atom stereocenters. The van der Waals surface area contributed by atoms with Crippen molar-refractivity contribution >= 4 is 46.6 Å². The predicted octanol–water partition coefficient (Wildman–Crippen LogP) is 4.03. The number of carbonyl (C=O) groups excluding carboxylic acids is 2. The molecule has 0 spiro atoms. The molecular formula is C17H15ClN2O3S. The molecule has 1 aliphatic rings. The van der Waals surface area contributed by atoms with E-state index in [9.17, 15) is 9.59 Å². The fraction of sp³-hybridized carbons (Fsp3) is 0.176. The maximum absolute atomic E-state index is 12.4. The van der Waals surface area contributed by atoms with Gasteiger partial charge in [0.1, 0.15) is 5.75 Å². The van der Waals surface area contributed by atoms with E-state index < -0.39 is 0 Å². The van der Waals surface area contributed by atoms with Crippen LogP contribution in [0.1, 0.15) is 17.3 Å². The number of hydrogen-bond donors (Lipinski definition) is 2. The Kier molecular flexibility index (Phi) is 4.69. The molecule has 0 fully saturated rings. The van der Waals surface area contributed by atoms with E-state index >= 15 is 0 Å². The van der Waals surface area contributed by atoms with Crippen LogP contribution >= 0.6 is 23.4 Å². The molecule has 2 aromatic rings. The van der Waals surface area contributed by atoms with Crippen LogP contribution in [0.2, 0.25) is 5.02 Å². The third-order valence-corrected chi connectivity index (χ3v) is 5.06. The lowest BCUT2D eigenvalue weighted by Crippen LogP contribution is -2.26. The fourth-order valence-electron chi connectivity index (χ4n) is 2.30. The molecule has 1 aliphatic heterocycles. The molecule has 2 amide bonds. The molecule has 3 rings (SSSR count). The summed E-state index contributed by atoms with van der Waals surface area (Å²) in [6.07, 6.45) is 0. The Morgan fingerprint density at radius 2 is 2.08 bits per heavy atom. The molecule has 0 radical (unpaired) electrons. The van der Waals surface area contributed by atoms with Gasteiger partial charge in [-0.1, -0.05) is 11.6 Å². The van der Waals surface area contributed by atoms with Gasteiger partial charge in [0, 0.05) is 16.1 Å². The van der Waals surface area contributed by atoms with E-state index in [4.69, 9.17) is 16.3 Å². The Balaban J connectivity index is 1.80. The molecule has 7 heteroatoms. The van der Waals surface area contributed by atoms with Gasteiger partial charge >= 0.3 is 0 Å². The highest BCUT2D eigenvalue weighted by molar-refractivity contribution is 8.00. The van der Waals surface area contributed by atoms with Crippen LogP contribution in [0.3, 0.4) is 0 Å². The van der Waals surface area contributed by atoms with Crippen molar-refractivity contribution in [2.75, 3.05) is 17.7 Å². The fourth-order valence-corrected chi connectivity index (χ4v) is 3.49. The zero-order valence-corrected chi connectivity index (χ0v) is 14.6. The van der Waals surface area contributed by atoms with Crippen LogP contribution in [-0.4, -0.2) is 24.2 Å². The van der Waals surface area contributed by atoms with E-state index in [1.807, 2.05) is 13.0 Å². The second kappa shape index (κ2) is 6.75. The maximum Gasteiger partial charge on any atom is 0.255 e. The number of rotatable bonds is 3. The van der Waals surface area contributed by atoms with Crippen LogP contribution in [0.25, 0.3) is 0 Å². The molecule has 0 aliphatic carbocycles. The Hall–Kier alpha value is -2.18. The highest BCUT2D eigenvalue weighted by Gasteiger charge is 2.23. The first-order valence-corrected chi connectivity index (χ1v) is 8.50. The smallest absolute Gasteiger partial charge is 0.255 e. The summed E-state index contributed by atoms with van der Waals surface area (Å²) >= 11 is 7.53. The van der Waals surface area contributed by atoms with Crippen molar-refractivity contribution < 1.29 is 14.3 Å².